The Morgan fingerprint density at radius 2 is 1.05 bits per heavy atom. The Labute approximate surface area is 571 Å². The van der Waals surface area contributed by atoms with Crippen LogP contribution in [0.5, 0.6) is 0 Å². The lowest BCUT2D eigenvalue weighted by molar-refractivity contribution is -0.135. The average molecular weight is 1380 g/mol. The number of aliphatic hydroxyl groups excluding tert-OH is 2. The first-order valence-electron chi connectivity index (χ1n) is 31.9. The predicted octanol–water partition coefficient (Wildman–Crippen LogP) is 13.4. The molecule has 9 aromatic rings. The van der Waals surface area contributed by atoms with E-state index in [1.165, 1.54) is 47.2 Å². The normalized spacial score (nSPS) is 18.7. The number of halogens is 6. The highest BCUT2D eigenvalue weighted by Crippen LogP contribution is 2.49. The van der Waals surface area contributed by atoms with Gasteiger partial charge in [-0.25, -0.2) is 43.5 Å². The van der Waals surface area contributed by atoms with E-state index in [0.717, 1.165) is 31.2 Å². The van der Waals surface area contributed by atoms with Crippen LogP contribution in [0.2, 0.25) is 10.0 Å². The van der Waals surface area contributed by atoms with Crippen molar-refractivity contribution in [2.75, 3.05) is 13.2 Å². The van der Waals surface area contributed by atoms with Gasteiger partial charge in [0.25, 0.3) is 11.8 Å². The number of aliphatic hydroxyl groups is 2. The summed E-state index contributed by atoms with van der Waals surface area (Å²) in [5.74, 6) is 0.184. The van der Waals surface area contributed by atoms with Gasteiger partial charge in [0.15, 0.2) is 28.7 Å². The standard InChI is InChI=1S/C39H39ClF2N8O4.C31H33ClF2N8O2/c1-38(2,3)22-39(28-12-9-25(10-13-28)27-18-44-48(19-27)35(41)42)34(52)49(36(47-39)46-37(53)54-21-24-7-5-4-6-8-24)32(20-51)26-11-16-31(40)30(17-26)33-43-23-45-50(33)29-14-15-29;1-30(2,3)16-31(21-7-4-18(5-8-21)20-13-37-40(14-20)28(33)34)27(44)41(29(35)39-31)25(15-43)19-6-11-24(32)23(12-19)26-36-17-38-42(26)22-9-10-22/h4-13,16-19,23,29,32,35,51H,14-15,20-22H2,1-3H3,(H,46,47,53);4-8,11-14,17,22,25,28,43H,9-10,15-16H2,1-3H3,(H2,35,39)/t32-,39-;25-,31-/m11/s1. The van der Waals surface area contributed by atoms with Crippen LogP contribution in [0.1, 0.15) is 145 Å². The van der Waals surface area contributed by atoms with Crippen LogP contribution < -0.4 is 11.1 Å². The lowest BCUT2D eigenvalue weighted by Gasteiger charge is -2.34. The third-order valence-corrected chi connectivity index (χ3v) is 18.0. The molecule has 4 aromatic heterocycles. The summed E-state index contributed by atoms with van der Waals surface area (Å²) in [5, 5.41) is 41.5. The molecular weight excluding hydrogens is 1310 g/mol. The fourth-order valence-corrected chi connectivity index (χ4v) is 13.1. The molecule has 6 heterocycles. The first kappa shape index (κ1) is 68.3. The fourth-order valence-electron chi connectivity index (χ4n) is 12.7. The molecule has 2 aliphatic heterocycles. The number of rotatable bonds is 20. The summed E-state index contributed by atoms with van der Waals surface area (Å²) in [7, 11) is 0. The van der Waals surface area contributed by atoms with Crippen molar-refractivity contribution in [2.45, 2.75) is 135 Å². The number of benzene rings is 5. The smallest absolute Gasteiger partial charge is 0.414 e. The Hall–Kier alpha value is -9.63. The van der Waals surface area contributed by atoms with Crippen molar-refractivity contribution < 1.29 is 46.9 Å². The molecule has 510 valence electrons. The summed E-state index contributed by atoms with van der Waals surface area (Å²) in [5.41, 5.74) is 9.19. The van der Waals surface area contributed by atoms with E-state index >= 15 is 4.79 Å². The van der Waals surface area contributed by atoms with Gasteiger partial charge in [-0.15, -0.1) is 0 Å². The first-order valence-corrected chi connectivity index (χ1v) is 32.6. The molecule has 0 spiro atoms. The number of aliphatic imine (C=N–C) groups is 2. The van der Waals surface area contributed by atoms with Crippen LogP contribution in [-0.4, -0.2) is 112 Å². The van der Waals surface area contributed by atoms with E-state index in [0.29, 0.717) is 93.1 Å². The van der Waals surface area contributed by atoms with Gasteiger partial charge in [-0.3, -0.25) is 24.7 Å². The molecule has 28 heteroatoms. The van der Waals surface area contributed by atoms with Gasteiger partial charge in [0.2, 0.25) is 5.96 Å². The van der Waals surface area contributed by atoms with Crippen LogP contribution in [0, 0.1) is 10.8 Å². The third-order valence-electron chi connectivity index (χ3n) is 17.3. The molecule has 0 unspecified atom stereocenters. The van der Waals surface area contributed by atoms with E-state index in [1.54, 1.807) is 78.9 Å². The Morgan fingerprint density at radius 1 is 0.612 bits per heavy atom. The number of carbonyl (C=O) groups excluding carboxylic acids is 3. The van der Waals surface area contributed by atoms with Gasteiger partial charge < -0.3 is 20.7 Å². The molecule has 2 fully saturated rings. The summed E-state index contributed by atoms with van der Waals surface area (Å²) < 4.78 is 63.1. The zero-order valence-electron chi connectivity index (χ0n) is 54.4. The number of ether oxygens (including phenoxy) is 1. The molecule has 4 aliphatic rings. The SMILES string of the molecule is CC(C)(C)C[C@]1(c2ccc(-c3cnn(C(F)F)c3)cc2)N=C(N)N([C@H](CO)c2ccc(Cl)c(-c3ncnn3C3CC3)c2)C1=O.CC(C)(C)C[C@]1(c2ccc(-c3cnn(C(F)F)c3)cc2)N=C(NC(=O)OCc2ccccc2)N([C@H](CO)c2ccc(Cl)c(-c3ncnn3C3CC3)c2)C1=O. The zero-order valence-corrected chi connectivity index (χ0v) is 55.9. The minimum atomic E-state index is -2.79. The van der Waals surface area contributed by atoms with Crippen molar-refractivity contribution in [3.8, 4) is 45.0 Å². The Bertz CT molecular complexity index is 4460. The summed E-state index contributed by atoms with van der Waals surface area (Å²) in [6.45, 7) is 5.41. The molecule has 0 saturated heterocycles. The second kappa shape index (κ2) is 27.4. The Balaban J connectivity index is 0.000000190. The summed E-state index contributed by atoms with van der Waals surface area (Å²) >= 11 is 13.3. The van der Waals surface area contributed by atoms with E-state index in [9.17, 15) is 37.4 Å². The number of amides is 3. The van der Waals surface area contributed by atoms with E-state index < -0.39 is 66.9 Å². The lowest BCUT2D eigenvalue weighted by Crippen LogP contribution is -2.49. The van der Waals surface area contributed by atoms with Gasteiger partial charge in [-0.05, 0) is 113 Å². The van der Waals surface area contributed by atoms with E-state index in [4.69, 9.17) is 43.7 Å². The fraction of sp³-hybridized carbons (Fsp3) is 0.357. The topological polar surface area (TPSA) is 267 Å². The second-order valence-electron chi connectivity index (χ2n) is 27.2. The van der Waals surface area contributed by atoms with Crippen LogP contribution in [0.3, 0.4) is 0 Å². The number of nitrogens with two attached hydrogens (primary N) is 1. The average Bonchev–Trinajstić information content (AvgIpc) is 1.57. The number of alkyl halides is 4. The summed E-state index contributed by atoms with van der Waals surface area (Å²) in [6, 6.07) is 32.1. The highest BCUT2D eigenvalue weighted by molar-refractivity contribution is 6.33. The molecule has 98 heavy (non-hydrogen) atoms. The van der Waals surface area contributed by atoms with Gasteiger partial charge in [0.05, 0.1) is 59.8 Å². The Morgan fingerprint density at radius 3 is 1.47 bits per heavy atom. The van der Waals surface area contributed by atoms with Gasteiger partial charge >= 0.3 is 19.2 Å². The largest absolute Gasteiger partial charge is 0.444 e. The summed E-state index contributed by atoms with van der Waals surface area (Å²) in [4.78, 5) is 64.5. The van der Waals surface area contributed by atoms with E-state index in [2.05, 4.69) is 35.7 Å². The highest BCUT2D eigenvalue weighted by Gasteiger charge is 2.55. The number of nitrogens with zero attached hydrogens (tertiary/aromatic N) is 14. The summed E-state index contributed by atoms with van der Waals surface area (Å²) in [6.07, 6.45) is 11.8. The molecule has 5 aromatic carbocycles. The van der Waals surface area contributed by atoms with Crippen LogP contribution >= 0.6 is 23.2 Å². The number of nitrogens with one attached hydrogen (secondary N) is 1. The van der Waals surface area contributed by atoms with Crippen LogP contribution in [-0.2, 0) is 32.0 Å². The quantitative estimate of drug-likeness (QED) is 0.0518. The lowest BCUT2D eigenvalue weighted by atomic mass is 9.75. The molecule has 0 bridgehead atoms. The van der Waals surface area contributed by atoms with Gasteiger partial charge in [-0.2, -0.15) is 38.0 Å². The molecule has 4 atom stereocenters. The highest BCUT2D eigenvalue weighted by atomic mass is 35.5. The molecule has 2 saturated carbocycles. The zero-order chi connectivity index (χ0) is 69.6. The minimum Gasteiger partial charge on any atom is -0.444 e. The number of alkyl carbamates (subject to hydrolysis) is 1. The first-order chi connectivity index (χ1) is 46.8. The van der Waals surface area contributed by atoms with Gasteiger partial charge in [0, 0.05) is 34.6 Å². The van der Waals surface area contributed by atoms with Crippen molar-refractivity contribution >= 4 is 53.0 Å². The van der Waals surface area contributed by atoms with E-state index in [-0.39, 0.29) is 48.4 Å². The molecule has 5 N–H and O–H groups in total. The van der Waals surface area contributed by atoms with Crippen molar-refractivity contribution in [2.24, 2.45) is 26.5 Å². The maximum absolute atomic E-state index is 15.2. The predicted molar refractivity (Wildman–Crippen MR) is 359 cm³/mol. The molecule has 13 rings (SSSR count). The maximum Gasteiger partial charge on any atom is 0.414 e. The molecular formula is C70H72Cl2F4N16O6. The molecule has 0 radical (unpaired) electrons. The molecule has 22 nitrogen and oxygen atoms in total. The van der Waals surface area contributed by atoms with Crippen LogP contribution in [0.4, 0.5) is 22.4 Å². The number of carbonyl (C=O) groups is 3. The van der Waals surface area contributed by atoms with Crippen LogP contribution in [0.25, 0.3) is 45.0 Å². The number of aromatic nitrogens is 10. The minimum absolute atomic E-state index is 0.0155. The van der Waals surface area contributed by atoms with Crippen LogP contribution in [0.15, 0.2) is 163 Å². The molecule has 3 amide bonds. The van der Waals surface area contributed by atoms with Crippen molar-refractivity contribution in [1.29, 1.82) is 0 Å². The third kappa shape index (κ3) is 14.1. The van der Waals surface area contributed by atoms with Gasteiger partial charge in [-0.1, -0.05) is 156 Å². The number of hydrogen-bond donors (Lipinski definition) is 4. The monoisotopic (exact) mass is 1380 g/mol. The molecule has 2 aliphatic carbocycles. The Kier molecular flexibility index (Phi) is 19.1. The van der Waals surface area contributed by atoms with Gasteiger partial charge in [0.1, 0.15) is 19.3 Å². The second-order valence-corrected chi connectivity index (χ2v) is 28.0. The number of hydrogen-bond acceptors (Lipinski definition) is 15. The maximum atomic E-state index is 15.2. The number of guanidine groups is 2. The van der Waals surface area contributed by atoms with Crippen molar-refractivity contribution in [1.82, 2.24) is 64.2 Å². The van der Waals surface area contributed by atoms with Crippen molar-refractivity contribution in [3.63, 3.8) is 0 Å². The van der Waals surface area contributed by atoms with E-state index in [1.807, 2.05) is 87.3 Å². The van der Waals surface area contributed by atoms with Crippen molar-refractivity contribution in [3.05, 3.63) is 191 Å².